The molecule has 0 saturated carbocycles. The topological polar surface area (TPSA) is 84.0 Å². The van der Waals surface area contributed by atoms with E-state index in [1.54, 1.807) is 31.2 Å². The molecule has 1 heterocycles. The van der Waals surface area contributed by atoms with Gasteiger partial charge in [-0.25, -0.2) is 13.4 Å². The SMILES string of the molecule is CCCNc1ccc(S(=O)(=O)Nc2nc(C)ns2)cc1. The molecule has 0 bridgehead atoms. The zero-order valence-electron chi connectivity index (χ0n) is 11.3. The molecule has 0 aliphatic carbocycles. The first-order valence-electron chi connectivity index (χ1n) is 6.18. The second-order valence-electron chi connectivity index (χ2n) is 4.20. The fraction of sp³-hybridized carbons (Fsp3) is 0.333. The number of hydrogen-bond donors (Lipinski definition) is 2. The Morgan fingerprint density at radius 1 is 1.25 bits per heavy atom. The summed E-state index contributed by atoms with van der Waals surface area (Å²) in [4.78, 5) is 4.19. The predicted octanol–water partition coefficient (Wildman–Crippen LogP) is 2.47. The molecule has 0 unspecified atom stereocenters. The average Bonchev–Trinajstić information content (AvgIpc) is 2.81. The van der Waals surface area contributed by atoms with E-state index in [-0.39, 0.29) is 10.0 Å². The Bertz CT molecular complexity index is 665. The van der Waals surface area contributed by atoms with Gasteiger partial charge in [-0.15, -0.1) is 0 Å². The summed E-state index contributed by atoms with van der Waals surface area (Å²) < 4.78 is 30.6. The Balaban J connectivity index is 2.13. The van der Waals surface area contributed by atoms with Gasteiger partial charge in [-0.1, -0.05) is 6.92 Å². The van der Waals surface area contributed by atoms with Gasteiger partial charge in [0.15, 0.2) is 0 Å². The van der Waals surface area contributed by atoms with Crippen molar-refractivity contribution >= 4 is 32.4 Å². The van der Waals surface area contributed by atoms with Crippen molar-refractivity contribution in [3.05, 3.63) is 30.1 Å². The summed E-state index contributed by atoms with van der Waals surface area (Å²) in [5, 5.41) is 3.46. The van der Waals surface area contributed by atoms with E-state index >= 15 is 0 Å². The van der Waals surface area contributed by atoms with Crippen LogP contribution >= 0.6 is 11.5 Å². The zero-order chi connectivity index (χ0) is 14.6. The maximum atomic E-state index is 12.1. The van der Waals surface area contributed by atoms with E-state index in [0.717, 1.165) is 30.2 Å². The summed E-state index contributed by atoms with van der Waals surface area (Å²) in [6.07, 6.45) is 1.01. The fourth-order valence-corrected chi connectivity index (χ4v) is 3.33. The molecule has 6 nitrogen and oxygen atoms in total. The van der Waals surface area contributed by atoms with Crippen LogP contribution in [-0.4, -0.2) is 24.3 Å². The number of aromatic nitrogens is 2. The Labute approximate surface area is 122 Å². The Kier molecular flexibility index (Phi) is 4.56. The van der Waals surface area contributed by atoms with Crippen LogP contribution < -0.4 is 10.0 Å². The van der Waals surface area contributed by atoms with Crippen molar-refractivity contribution < 1.29 is 8.42 Å². The lowest BCUT2D eigenvalue weighted by molar-refractivity contribution is 0.601. The molecule has 2 rings (SSSR count). The van der Waals surface area contributed by atoms with Crippen molar-refractivity contribution in [1.29, 1.82) is 0 Å². The molecule has 0 fully saturated rings. The lowest BCUT2D eigenvalue weighted by atomic mass is 10.3. The summed E-state index contributed by atoms with van der Waals surface area (Å²) in [6, 6.07) is 6.62. The van der Waals surface area contributed by atoms with E-state index in [9.17, 15) is 8.42 Å². The second kappa shape index (κ2) is 6.19. The minimum Gasteiger partial charge on any atom is -0.385 e. The Morgan fingerprint density at radius 2 is 1.95 bits per heavy atom. The molecule has 0 aliphatic heterocycles. The summed E-state index contributed by atoms with van der Waals surface area (Å²) in [6.45, 7) is 4.64. The highest BCUT2D eigenvalue weighted by atomic mass is 32.2. The van der Waals surface area contributed by atoms with E-state index in [1.807, 2.05) is 0 Å². The maximum Gasteiger partial charge on any atom is 0.263 e. The Hall–Kier alpha value is -1.67. The molecule has 1 aromatic carbocycles. The second-order valence-corrected chi connectivity index (χ2v) is 6.64. The van der Waals surface area contributed by atoms with Crippen LogP contribution in [0, 0.1) is 6.92 Å². The monoisotopic (exact) mass is 312 g/mol. The van der Waals surface area contributed by atoms with Crippen molar-refractivity contribution in [3.63, 3.8) is 0 Å². The van der Waals surface area contributed by atoms with Crippen molar-refractivity contribution in [2.45, 2.75) is 25.2 Å². The Morgan fingerprint density at radius 3 is 2.50 bits per heavy atom. The van der Waals surface area contributed by atoms with Gasteiger partial charge in [-0.05, 0) is 37.6 Å². The number of sulfonamides is 1. The van der Waals surface area contributed by atoms with E-state index in [0.29, 0.717) is 5.82 Å². The number of anilines is 2. The zero-order valence-corrected chi connectivity index (χ0v) is 12.9. The molecule has 0 atom stereocenters. The summed E-state index contributed by atoms with van der Waals surface area (Å²) >= 11 is 1.02. The molecule has 0 radical (unpaired) electrons. The molecule has 2 aromatic rings. The van der Waals surface area contributed by atoms with Gasteiger partial charge in [0.25, 0.3) is 10.0 Å². The third kappa shape index (κ3) is 3.67. The van der Waals surface area contributed by atoms with Crippen LogP contribution in [0.3, 0.4) is 0 Å². The molecule has 108 valence electrons. The first kappa shape index (κ1) is 14.7. The van der Waals surface area contributed by atoms with Gasteiger partial charge in [0.2, 0.25) is 5.13 Å². The fourth-order valence-electron chi connectivity index (χ4n) is 1.53. The summed E-state index contributed by atoms with van der Waals surface area (Å²) in [7, 11) is -3.61. The van der Waals surface area contributed by atoms with Gasteiger partial charge in [0.05, 0.1) is 4.90 Å². The lowest BCUT2D eigenvalue weighted by Crippen LogP contribution is -2.12. The number of nitrogens with zero attached hydrogens (tertiary/aromatic N) is 2. The molecule has 20 heavy (non-hydrogen) atoms. The highest BCUT2D eigenvalue weighted by molar-refractivity contribution is 7.93. The largest absolute Gasteiger partial charge is 0.385 e. The first-order chi connectivity index (χ1) is 9.51. The molecule has 8 heteroatoms. The highest BCUT2D eigenvalue weighted by Gasteiger charge is 2.16. The van der Waals surface area contributed by atoms with E-state index < -0.39 is 10.0 Å². The average molecular weight is 312 g/mol. The van der Waals surface area contributed by atoms with Gasteiger partial charge in [-0.2, -0.15) is 4.37 Å². The number of nitrogens with one attached hydrogen (secondary N) is 2. The van der Waals surface area contributed by atoms with E-state index in [2.05, 4.69) is 26.3 Å². The van der Waals surface area contributed by atoms with Crippen LogP contribution in [0.5, 0.6) is 0 Å². The van der Waals surface area contributed by atoms with E-state index in [4.69, 9.17) is 0 Å². The van der Waals surface area contributed by atoms with Gasteiger partial charge in [0, 0.05) is 23.8 Å². The van der Waals surface area contributed by atoms with Crippen LogP contribution in [0.2, 0.25) is 0 Å². The minimum atomic E-state index is -3.61. The molecule has 1 aromatic heterocycles. The van der Waals surface area contributed by atoms with Crippen molar-refractivity contribution in [1.82, 2.24) is 9.36 Å². The number of rotatable bonds is 6. The van der Waals surface area contributed by atoms with Crippen LogP contribution in [-0.2, 0) is 10.0 Å². The number of benzene rings is 1. The standard InChI is InChI=1S/C12H16N4O2S2/c1-3-8-13-10-4-6-11(7-5-10)20(17,18)16-12-14-9(2)15-19-12/h4-7,13H,3,8H2,1-2H3,(H,14,15,16). The van der Waals surface area contributed by atoms with Gasteiger partial charge in [-0.3, -0.25) is 4.72 Å². The van der Waals surface area contributed by atoms with E-state index in [1.165, 1.54) is 0 Å². The molecule has 2 N–H and O–H groups in total. The van der Waals surface area contributed by atoms with Crippen LogP contribution in [0.4, 0.5) is 10.8 Å². The van der Waals surface area contributed by atoms with Crippen molar-refractivity contribution in [2.24, 2.45) is 0 Å². The summed E-state index contributed by atoms with van der Waals surface area (Å²) in [5.74, 6) is 0.548. The number of aryl methyl sites for hydroxylation is 1. The number of hydrogen-bond acceptors (Lipinski definition) is 6. The van der Waals surface area contributed by atoms with Gasteiger partial charge < -0.3 is 5.32 Å². The highest BCUT2D eigenvalue weighted by Crippen LogP contribution is 2.19. The molecule has 0 saturated heterocycles. The third-order valence-corrected chi connectivity index (χ3v) is 4.70. The van der Waals surface area contributed by atoms with Gasteiger partial charge in [0.1, 0.15) is 5.82 Å². The molecule has 0 amide bonds. The smallest absolute Gasteiger partial charge is 0.263 e. The van der Waals surface area contributed by atoms with Crippen LogP contribution in [0.1, 0.15) is 19.2 Å². The normalized spacial score (nSPS) is 11.3. The quantitative estimate of drug-likeness (QED) is 0.856. The first-order valence-corrected chi connectivity index (χ1v) is 8.44. The summed E-state index contributed by atoms with van der Waals surface area (Å²) in [5.41, 5.74) is 0.901. The molecule has 0 aliphatic rings. The molecular weight excluding hydrogens is 296 g/mol. The van der Waals surface area contributed by atoms with Crippen molar-refractivity contribution in [2.75, 3.05) is 16.6 Å². The van der Waals surface area contributed by atoms with Crippen LogP contribution in [0.15, 0.2) is 29.2 Å². The van der Waals surface area contributed by atoms with Gasteiger partial charge >= 0.3 is 0 Å². The van der Waals surface area contributed by atoms with Crippen molar-refractivity contribution in [3.8, 4) is 0 Å². The lowest BCUT2D eigenvalue weighted by Gasteiger charge is -2.07. The maximum absolute atomic E-state index is 12.1. The van der Waals surface area contributed by atoms with Crippen LogP contribution in [0.25, 0.3) is 0 Å². The third-order valence-electron chi connectivity index (χ3n) is 2.49. The predicted molar refractivity (Wildman–Crippen MR) is 80.7 cm³/mol. The molecular formula is C12H16N4O2S2. The molecule has 0 spiro atoms. The minimum absolute atomic E-state index is 0.201.